The Balaban J connectivity index is 1.84. The molecular weight excluding hydrogens is 304 g/mol. The van der Waals surface area contributed by atoms with Crippen LogP contribution in [0.4, 0.5) is 5.69 Å². The topological polar surface area (TPSA) is 29.3 Å². The largest absolute Gasteiger partial charge is 0.304 e. The summed E-state index contributed by atoms with van der Waals surface area (Å²) < 4.78 is 0. The number of para-hydroxylation sites is 1. The third-order valence-electron chi connectivity index (χ3n) is 8.94. The molecule has 4 unspecified atom stereocenters. The summed E-state index contributed by atoms with van der Waals surface area (Å²) >= 11 is 0. The molecule has 2 heteroatoms. The lowest BCUT2D eigenvalue weighted by atomic mass is 9.42. The van der Waals surface area contributed by atoms with Crippen molar-refractivity contribution in [1.82, 2.24) is 0 Å². The fraction of sp³-hybridized carbons (Fsp3) is 0.739. The van der Waals surface area contributed by atoms with Gasteiger partial charge >= 0.3 is 0 Å². The zero-order valence-corrected chi connectivity index (χ0v) is 17.0. The fourth-order valence-corrected chi connectivity index (χ4v) is 6.85. The van der Waals surface area contributed by atoms with Crippen LogP contribution in [0.15, 0.2) is 24.3 Å². The molecular formula is C23H36N2. The Morgan fingerprint density at radius 3 is 2.32 bits per heavy atom. The molecule has 0 amide bonds. The van der Waals surface area contributed by atoms with Gasteiger partial charge in [0, 0.05) is 5.41 Å². The molecule has 4 atom stereocenters. The minimum Gasteiger partial charge on any atom is -0.304 e. The molecule has 0 saturated heterocycles. The van der Waals surface area contributed by atoms with E-state index in [1.165, 1.54) is 43.4 Å². The first kappa shape index (κ1) is 17.4. The highest BCUT2D eigenvalue weighted by Crippen LogP contribution is 2.66. The number of rotatable bonds is 0. The second kappa shape index (κ2) is 5.03. The minimum atomic E-state index is 0.0133. The van der Waals surface area contributed by atoms with E-state index in [1.54, 1.807) is 0 Å². The van der Waals surface area contributed by atoms with Gasteiger partial charge in [-0.15, -0.1) is 0 Å². The normalized spacial score (nSPS) is 41.5. The summed E-state index contributed by atoms with van der Waals surface area (Å²) in [6.07, 6.45) is 6.67. The molecule has 2 nitrogen and oxygen atoms in total. The second-order valence-electron chi connectivity index (χ2n) is 11.0. The summed E-state index contributed by atoms with van der Waals surface area (Å²) in [5.41, 5.74) is 3.48. The van der Waals surface area contributed by atoms with E-state index >= 15 is 0 Å². The Morgan fingerprint density at radius 2 is 1.60 bits per heavy atom. The number of nitrogens with zero attached hydrogens (tertiary/aromatic N) is 1. The Labute approximate surface area is 154 Å². The van der Waals surface area contributed by atoms with Gasteiger partial charge in [0.05, 0.1) is 11.2 Å². The highest BCUT2D eigenvalue weighted by atomic mass is 15.5. The summed E-state index contributed by atoms with van der Waals surface area (Å²) in [7, 11) is 0. The lowest BCUT2D eigenvalue weighted by Crippen LogP contribution is -2.72. The van der Waals surface area contributed by atoms with E-state index in [4.69, 9.17) is 5.84 Å². The number of fused-ring (bicyclic) bond motifs is 3. The predicted molar refractivity (Wildman–Crippen MR) is 106 cm³/mol. The predicted octanol–water partition coefficient (Wildman–Crippen LogP) is 5.66. The Kier molecular flexibility index (Phi) is 3.50. The second-order valence-corrected chi connectivity index (χ2v) is 11.0. The Hall–Kier alpha value is -1.02. The number of hydrogen-bond donors (Lipinski definition) is 1. The van der Waals surface area contributed by atoms with Gasteiger partial charge in [0.25, 0.3) is 0 Å². The number of hydrogen-bond acceptors (Lipinski definition) is 2. The molecule has 0 aromatic heterocycles. The zero-order chi connectivity index (χ0) is 18.3. The highest BCUT2D eigenvalue weighted by Gasteiger charge is 2.64. The van der Waals surface area contributed by atoms with Crippen molar-refractivity contribution in [2.75, 3.05) is 5.01 Å². The molecule has 2 aliphatic carbocycles. The van der Waals surface area contributed by atoms with Crippen LogP contribution in [0.2, 0.25) is 0 Å². The number of anilines is 1. The average Bonchev–Trinajstić information content (AvgIpc) is 2.54. The van der Waals surface area contributed by atoms with E-state index in [0.717, 1.165) is 11.8 Å². The number of nitrogens with two attached hydrogens (primary N) is 1. The van der Waals surface area contributed by atoms with Crippen LogP contribution >= 0.6 is 0 Å². The molecule has 4 rings (SSSR count). The summed E-state index contributed by atoms with van der Waals surface area (Å²) in [6, 6.07) is 8.83. The molecule has 2 fully saturated rings. The number of hydrazine groups is 1. The standard InChI is InChI=1S/C23H36N2/c1-20(2)12-11-16-14-22(5)21(3,4)18-9-7-8-10-19(18)25(24)23(22,6)15-17(16)13-20/h7-10,16-17H,11-15,24H2,1-6H3. The number of benzene rings is 1. The van der Waals surface area contributed by atoms with E-state index < -0.39 is 0 Å². The van der Waals surface area contributed by atoms with E-state index in [9.17, 15) is 0 Å². The zero-order valence-electron chi connectivity index (χ0n) is 17.0. The van der Waals surface area contributed by atoms with E-state index in [2.05, 4.69) is 70.8 Å². The molecule has 0 radical (unpaired) electrons. The van der Waals surface area contributed by atoms with Gasteiger partial charge < -0.3 is 5.01 Å². The van der Waals surface area contributed by atoms with Crippen molar-refractivity contribution in [3.05, 3.63) is 29.8 Å². The quantitative estimate of drug-likeness (QED) is 0.617. The maximum Gasteiger partial charge on any atom is 0.0597 e. The Morgan fingerprint density at radius 1 is 0.920 bits per heavy atom. The van der Waals surface area contributed by atoms with Crippen LogP contribution in [0.5, 0.6) is 0 Å². The first-order chi connectivity index (χ1) is 11.5. The summed E-state index contributed by atoms with van der Waals surface area (Å²) in [4.78, 5) is 0. The van der Waals surface area contributed by atoms with Crippen LogP contribution in [0.3, 0.4) is 0 Å². The van der Waals surface area contributed by atoms with Gasteiger partial charge in [-0.1, -0.05) is 52.8 Å². The van der Waals surface area contributed by atoms with Crippen molar-refractivity contribution in [3.63, 3.8) is 0 Å². The van der Waals surface area contributed by atoms with Gasteiger partial charge in [-0.25, -0.2) is 5.84 Å². The van der Waals surface area contributed by atoms with Crippen LogP contribution in [-0.4, -0.2) is 5.54 Å². The minimum absolute atomic E-state index is 0.0133. The van der Waals surface area contributed by atoms with Crippen LogP contribution in [-0.2, 0) is 5.41 Å². The van der Waals surface area contributed by atoms with Crippen molar-refractivity contribution >= 4 is 5.69 Å². The van der Waals surface area contributed by atoms with Gasteiger partial charge in [0.15, 0.2) is 0 Å². The molecule has 0 spiro atoms. The van der Waals surface area contributed by atoms with Crippen LogP contribution in [0.25, 0.3) is 0 Å². The highest BCUT2D eigenvalue weighted by molar-refractivity contribution is 5.62. The van der Waals surface area contributed by atoms with Crippen LogP contribution in [0.1, 0.15) is 79.2 Å². The Bertz CT molecular complexity index is 691. The molecule has 25 heavy (non-hydrogen) atoms. The van der Waals surface area contributed by atoms with E-state index in [0.29, 0.717) is 5.41 Å². The summed E-state index contributed by atoms with van der Waals surface area (Å²) in [5, 5.41) is 2.16. The maximum absolute atomic E-state index is 6.86. The van der Waals surface area contributed by atoms with Gasteiger partial charge in [-0.3, -0.25) is 0 Å². The van der Waals surface area contributed by atoms with Crippen LogP contribution in [0, 0.1) is 22.7 Å². The molecule has 2 N–H and O–H groups in total. The van der Waals surface area contributed by atoms with Crippen molar-refractivity contribution in [2.45, 2.75) is 84.6 Å². The molecule has 3 aliphatic rings. The molecule has 1 heterocycles. The summed E-state index contributed by atoms with van der Waals surface area (Å²) in [5.74, 6) is 8.54. The molecule has 1 aromatic rings. The molecule has 2 saturated carbocycles. The third kappa shape index (κ3) is 2.13. The third-order valence-corrected chi connectivity index (χ3v) is 8.94. The molecule has 0 bridgehead atoms. The smallest absolute Gasteiger partial charge is 0.0597 e. The lowest BCUT2D eigenvalue weighted by molar-refractivity contribution is -0.0737. The SMILES string of the molecule is CC1(C)CCC2CC3(C)C(C)(C)c4ccccc4N(N)C3(C)CC2C1. The fourth-order valence-electron chi connectivity index (χ4n) is 6.85. The lowest BCUT2D eigenvalue weighted by Gasteiger charge is -2.68. The van der Waals surface area contributed by atoms with E-state index in [1.807, 2.05) is 0 Å². The van der Waals surface area contributed by atoms with Crippen molar-refractivity contribution in [2.24, 2.45) is 28.5 Å². The molecule has 1 aromatic carbocycles. The van der Waals surface area contributed by atoms with Gasteiger partial charge in [0.2, 0.25) is 0 Å². The van der Waals surface area contributed by atoms with Crippen molar-refractivity contribution < 1.29 is 0 Å². The monoisotopic (exact) mass is 340 g/mol. The first-order valence-electron chi connectivity index (χ1n) is 10.2. The van der Waals surface area contributed by atoms with Gasteiger partial charge in [0.1, 0.15) is 0 Å². The van der Waals surface area contributed by atoms with Crippen molar-refractivity contribution in [3.8, 4) is 0 Å². The van der Waals surface area contributed by atoms with Crippen molar-refractivity contribution in [1.29, 1.82) is 0 Å². The molecule has 1 aliphatic heterocycles. The first-order valence-corrected chi connectivity index (χ1v) is 10.2. The maximum atomic E-state index is 6.86. The van der Waals surface area contributed by atoms with E-state index in [-0.39, 0.29) is 16.4 Å². The van der Waals surface area contributed by atoms with Gasteiger partial charge in [-0.2, -0.15) is 0 Å². The van der Waals surface area contributed by atoms with Crippen LogP contribution < -0.4 is 10.9 Å². The average molecular weight is 341 g/mol. The summed E-state index contributed by atoms with van der Waals surface area (Å²) in [6.45, 7) is 14.8. The molecule has 138 valence electrons. The van der Waals surface area contributed by atoms with Gasteiger partial charge in [-0.05, 0) is 73.3 Å².